The summed E-state index contributed by atoms with van der Waals surface area (Å²) in [7, 11) is 0. The van der Waals surface area contributed by atoms with Gasteiger partial charge in [-0.15, -0.1) is 0 Å². The normalized spacial score (nSPS) is 16.9. The fourth-order valence-corrected chi connectivity index (χ4v) is 2.90. The van der Waals surface area contributed by atoms with Crippen LogP contribution in [0.25, 0.3) is 0 Å². The summed E-state index contributed by atoms with van der Waals surface area (Å²) in [6.45, 7) is 8.79. The lowest BCUT2D eigenvalue weighted by atomic mass is 9.83. The lowest BCUT2D eigenvalue weighted by Crippen LogP contribution is -2.16. The van der Waals surface area contributed by atoms with E-state index in [-0.39, 0.29) is 5.41 Å². The lowest BCUT2D eigenvalue weighted by Gasteiger charge is -2.20. The standard InChI is InChI=1S/C13H16BrN/c1-5-9-6-10-11(8(2)12(9)14)13(3,4)7-15-10/h6-7H,5H2,1-4H3. The molecule has 15 heavy (non-hydrogen) atoms. The third-order valence-corrected chi connectivity index (χ3v) is 4.21. The van der Waals surface area contributed by atoms with E-state index >= 15 is 0 Å². The van der Waals surface area contributed by atoms with Crippen molar-refractivity contribution in [3.05, 3.63) is 27.2 Å². The highest BCUT2D eigenvalue weighted by atomic mass is 79.9. The first-order chi connectivity index (χ1) is 6.97. The highest BCUT2D eigenvalue weighted by Gasteiger charge is 2.29. The third kappa shape index (κ3) is 1.55. The Morgan fingerprint density at radius 3 is 2.67 bits per heavy atom. The zero-order valence-electron chi connectivity index (χ0n) is 9.69. The minimum Gasteiger partial charge on any atom is -0.260 e. The maximum Gasteiger partial charge on any atom is 0.0673 e. The van der Waals surface area contributed by atoms with E-state index in [0.717, 1.165) is 12.1 Å². The maximum absolute atomic E-state index is 4.52. The SMILES string of the molecule is CCc1cc2c(c(C)c1Br)C(C)(C)C=N2. The van der Waals surface area contributed by atoms with Crippen LogP contribution in [0.5, 0.6) is 0 Å². The summed E-state index contributed by atoms with van der Waals surface area (Å²) in [5.74, 6) is 0. The zero-order chi connectivity index (χ0) is 11.2. The highest BCUT2D eigenvalue weighted by molar-refractivity contribution is 9.10. The summed E-state index contributed by atoms with van der Waals surface area (Å²) >= 11 is 3.69. The number of hydrogen-bond donors (Lipinski definition) is 0. The van der Waals surface area contributed by atoms with Crippen LogP contribution in [0.4, 0.5) is 5.69 Å². The molecule has 0 saturated heterocycles. The number of aliphatic imine (C=N–C) groups is 1. The molecule has 0 aliphatic carbocycles. The van der Waals surface area contributed by atoms with Crippen LogP contribution in [0, 0.1) is 6.92 Å². The Hall–Kier alpha value is -0.630. The largest absolute Gasteiger partial charge is 0.260 e. The second kappa shape index (κ2) is 3.44. The summed E-state index contributed by atoms with van der Waals surface area (Å²) in [6.07, 6.45) is 3.10. The molecule has 80 valence electrons. The molecule has 0 spiro atoms. The molecule has 1 heterocycles. The number of nitrogens with zero attached hydrogens (tertiary/aromatic N) is 1. The molecule has 0 bridgehead atoms. The van der Waals surface area contributed by atoms with Crippen molar-refractivity contribution < 1.29 is 0 Å². The van der Waals surface area contributed by atoms with Gasteiger partial charge < -0.3 is 0 Å². The smallest absolute Gasteiger partial charge is 0.0673 e. The van der Waals surface area contributed by atoms with Gasteiger partial charge in [0.15, 0.2) is 0 Å². The van der Waals surface area contributed by atoms with E-state index in [0.29, 0.717) is 0 Å². The van der Waals surface area contributed by atoms with Gasteiger partial charge in [0.25, 0.3) is 0 Å². The van der Waals surface area contributed by atoms with Crippen molar-refractivity contribution in [2.45, 2.75) is 39.5 Å². The van der Waals surface area contributed by atoms with E-state index in [1.54, 1.807) is 0 Å². The minimum absolute atomic E-state index is 0.0776. The minimum atomic E-state index is 0.0776. The van der Waals surface area contributed by atoms with Gasteiger partial charge in [-0.25, -0.2) is 0 Å². The summed E-state index contributed by atoms with van der Waals surface area (Å²) < 4.78 is 1.25. The molecule has 0 saturated carbocycles. The van der Waals surface area contributed by atoms with Crippen molar-refractivity contribution in [1.29, 1.82) is 0 Å². The number of halogens is 1. The topological polar surface area (TPSA) is 12.4 Å². The predicted molar refractivity (Wildman–Crippen MR) is 69.4 cm³/mol. The van der Waals surface area contributed by atoms with Crippen LogP contribution >= 0.6 is 15.9 Å². The Bertz CT molecular complexity index is 444. The van der Waals surface area contributed by atoms with Crippen molar-refractivity contribution in [2.24, 2.45) is 4.99 Å². The van der Waals surface area contributed by atoms with Crippen LogP contribution < -0.4 is 0 Å². The predicted octanol–water partition coefficient (Wildman–Crippen LogP) is 4.31. The van der Waals surface area contributed by atoms with Gasteiger partial charge in [0.05, 0.1) is 5.69 Å². The van der Waals surface area contributed by atoms with Crippen LogP contribution in [-0.4, -0.2) is 6.21 Å². The fraction of sp³-hybridized carbons (Fsp3) is 0.462. The third-order valence-electron chi connectivity index (χ3n) is 3.10. The number of rotatable bonds is 1. The van der Waals surface area contributed by atoms with E-state index in [2.05, 4.69) is 60.9 Å². The molecule has 0 aromatic heterocycles. The molecule has 0 atom stereocenters. The second-order valence-electron chi connectivity index (χ2n) is 4.70. The molecule has 0 N–H and O–H groups in total. The first-order valence-electron chi connectivity index (χ1n) is 5.35. The number of aryl methyl sites for hydroxylation is 1. The number of fused-ring (bicyclic) bond motifs is 1. The molecular weight excluding hydrogens is 250 g/mol. The molecule has 0 radical (unpaired) electrons. The summed E-state index contributed by atoms with van der Waals surface area (Å²) in [5, 5.41) is 0. The van der Waals surface area contributed by atoms with Gasteiger partial charge in [-0.1, -0.05) is 36.7 Å². The van der Waals surface area contributed by atoms with Crippen molar-refractivity contribution in [1.82, 2.24) is 0 Å². The van der Waals surface area contributed by atoms with Gasteiger partial charge in [-0.3, -0.25) is 4.99 Å². The Morgan fingerprint density at radius 1 is 1.40 bits per heavy atom. The van der Waals surface area contributed by atoms with E-state index < -0.39 is 0 Å². The van der Waals surface area contributed by atoms with Gasteiger partial charge in [0.2, 0.25) is 0 Å². The Morgan fingerprint density at radius 2 is 2.07 bits per heavy atom. The molecule has 1 aromatic carbocycles. The van der Waals surface area contributed by atoms with Crippen molar-refractivity contribution in [3.63, 3.8) is 0 Å². The summed E-state index contributed by atoms with van der Waals surface area (Å²) in [4.78, 5) is 4.52. The van der Waals surface area contributed by atoms with Crippen LogP contribution in [0.2, 0.25) is 0 Å². The Labute approximate surface area is 99.7 Å². The molecular formula is C13H16BrN. The number of benzene rings is 1. The lowest BCUT2D eigenvalue weighted by molar-refractivity contribution is 0.744. The molecule has 0 amide bonds. The maximum atomic E-state index is 4.52. The van der Waals surface area contributed by atoms with Crippen molar-refractivity contribution in [2.75, 3.05) is 0 Å². The van der Waals surface area contributed by atoms with E-state index in [1.165, 1.54) is 21.2 Å². The van der Waals surface area contributed by atoms with Gasteiger partial charge in [-0.05, 0) is 36.1 Å². The van der Waals surface area contributed by atoms with E-state index in [4.69, 9.17) is 0 Å². The molecule has 1 aliphatic heterocycles. The van der Waals surface area contributed by atoms with Gasteiger partial charge in [-0.2, -0.15) is 0 Å². The van der Waals surface area contributed by atoms with Crippen LogP contribution in [-0.2, 0) is 11.8 Å². The first kappa shape index (κ1) is 10.9. The van der Waals surface area contributed by atoms with Crippen LogP contribution in [0.15, 0.2) is 15.5 Å². The monoisotopic (exact) mass is 265 g/mol. The quantitative estimate of drug-likeness (QED) is 0.718. The zero-order valence-corrected chi connectivity index (χ0v) is 11.3. The molecule has 1 aliphatic rings. The molecule has 1 nitrogen and oxygen atoms in total. The van der Waals surface area contributed by atoms with Gasteiger partial charge in [0.1, 0.15) is 0 Å². The van der Waals surface area contributed by atoms with E-state index in [9.17, 15) is 0 Å². The van der Waals surface area contributed by atoms with Gasteiger partial charge >= 0.3 is 0 Å². The molecule has 0 unspecified atom stereocenters. The van der Waals surface area contributed by atoms with Crippen molar-refractivity contribution >= 4 is 27.8 Å². The molecule has 0 fully saturated rings. The average Bonchev–Trinajstić information content (AvgIpc) is 2.48. The average molecular weight is 266 g/mol. The molecule has 2 heteroatoms. The highest BCUT2D eigenvalue weighted by Crippen LogP contribution is 2.42. The Balaban J connectivity index is 2.72. The summed E-state index contributed by atoms with van der Waals surface area (Å²) in [5.41, 5.74) is 5.28. The first-order valence-corrected chi connectivity index (χ1v) is 6.14. The van der Waals surface area contributed by atoms with Gasteiger partial charge in [0, 0.05) is 16.1 Å². The van der Waals surface area contributed by atoms with Crippen LogP contribution in [0.3, 0.4) is 0 Å². The summed E-state index contributed by atoms with van der Waals surface area (Å²) in [6, 6.07) is 2.21. The van der Waals surface area contributed by atoms with Crippen molar-refractivity contribution in [3.8, 4) is 0 Å². The molecule has 1 aromatic rings. The Kier molecular flexibility index (Phi) is 2.50. The molecule has 2 rings (SSSR count). The second-order valence-corrected chi connectivity index (χ2v) is 5.50. The fourth-order valence-electron chi connectivity index (χ4n) is 2.31. The number of hydrogen-bond acceptors (Lipinski definition) is 1. The van der Waals surface area contributed by atoms with Crippen LogP contribution in [0.1, 0.15) is 37.5 Å². The van der Waals surface area contributed by atoms with E-state index in [1.807, 2.05) is 0 Å².